The van der Waals surface area contributed by atoms with E-state index >= 15 is 0 Å². The van der Waals surface area contributed by atoms with Crippen LogP contribution in [0.15, 0.2) is 23.7 Å². The lowest BCUT2D eigenvalue weighted by atomic mass is 9.77. The molecule has 0 atom stereocenters. The smallest absolute Gasteiger partial charge is 0.491 e. The Balaban J connectivity index is 2.31. The highest BCUT2D eigenvalue weighted by Gasteiger charge is 2.52. The van der Waals surface area contributed by atoms with Crippen LogP contribution in [0.2, 0.25) is 0 Å². The molecule has 0 saturated carbocycles. The van der Waals surface area contributed by atoms with Crippen molar-refractivity contribution in [2.75, 3.05) is 13.6 Å². The van der Waals surface area contributed by atoms with E-state index in [1.54, 1.807) is 6.07 Å². The van der Waals surface area contributed by atoms with Crippen molar-refractivity contribution in [1.82, 2.24) is 5.32 Å². The van der Waals surface area contributed by atoms with Crippen LogP contribution >= 0.6 is 0 Å². The highest BCUT2D eigenvalue weighted by atomic mass is 16.7. The Morgan fingerprint density at radius 1 is 1.14 bits per heavy atom. The van der Waals surface area contributed by atoms with Gasteiger partial charge in [0.25, 0.3) is 0 Å². The van der Waals surface area contributed by atoms with Gasteiger partial charge in [0.1, 0.15) is 0 Å². The quantitative estimate of drug-likeness (QED) is 0.588. The standard InChI is InChI=1S/C16H24BNO4/c1-15(2)16(3,4)22-17(21-15)12(10-18-5)8-11-6-7-13(19)14(20)9-11/h6-9,18-20H,10H2,1-5H3. The molecule has 2 rings (SSSR count). The van der Waals surface area contributed by atoms with Crippen LogP contribution in [0.5, 0.6) is 11.5 Å². The molecule has 1 fully saturated rings. The van der Waals surface area contributed by atoms with Crippen LogP contribution in [-0.2, 0) is 9.31 Å². The zero-order valence-electron chi connectivity index (χ0n) is 13.8. The first-order valence-electron chi connectivity index (χ1n) is 7.39. The van der Waals surface area contributed by atoms with Crippen LogP contribution < -0.4 is 5.32 Å². The largest absolute Gasteiger partial charge is 0.504 e. The molecule has 1 aromatic carbocycles. The van der Waals surface area contributed by atoms with Crippen LogP contribution in [0.4, 0.5) is 0 Å². The van der Waals surface area contributed by atoms with E-state index in [0.29, 0.717) is 6.54 Å². The number of aromatic hydroxyl groups is 2. The minimum atomic E-state index is -0.451. The van der Waals surface area contributed by atoms with Crippen molar-refractivity contribution in [1.29, 1.82) is 0 Å². The zero-order valence-corrected chi connectivity index (χ0v) is 13.8. The van der Waals surface area contributed by atoms with Gasteiger partial charge in [0.15, 0.2) is 11.5 Å². The number of rotatable bonds is 4. The summed E-state index contributed by atoms with van der Waals surface area (Å²) in [6, 6.07) is 4.70. The predicted molar refractivity (Wildman–Crippen MR) is 87.8 cm³/mol. The Labute approximate surface area is 132 Å². The lowest BCUT2D eigenvalue weighted by Crippen LogP contribution is -2.41. The molecule has 5 nitrogen and oxygen atoms in total. The number of phenolic OH excluding ortho intramolecular Hbond substituents is 2. The SMILES string of the molecule is CNCC(=Cc1ccc(O)c(O)c1)B1OC(C)(C)C(C)(C)O1. The topological polar surface area (TPSA) is 71.0 Å². The zero-order chi connectivity index (χ0) is 16.5. The third-order valence-electron chi connectivity index (χ3n) is 4.29. The van der Waals surface area contributed by atoms with E-state index in [0.717, 1.165) is 11.0 Å². The first-order valence-corrected chi connectivity index (χ1v) is 7.39. The van der Waals surface area contributed by atoms with Crippen molar-refractivity contribution in [3.8, 4) is 11.5 Å². The van der Waals surface area contributed by atoms with Crippen molar-refractivity contribution in [2.45, 2.75) is 38.9 Å². The van der Waals surface area contributed by atoms with Crippen LogP contribution in [0.1, 0.15) is 33.3 Å². The van der Waals surface area contributed by atoms with Crippen LogP contribution in [0, 0.1) is 0 Å². The second-order valence-corrected chi connectivity index (χ2v) is 6.59. The van der Waals surface area contributed by atoms with Gasteiger partial charge in [-0.25, -0.2) is 0 Å². The van der Waals surface area contributed by atoms with Gasteiger partial charge in [0.05, 0.1) is 11.2 Å². The molecule has 0 aliphatic carbocycles. The Hall–Kier alpha value is -1.50. The van der Waals surface area contributed by atoms with E-state index in [1.807, 2.05) is 40.8 Å². The monoisotopic (exact) mass is 305 g/mol. The maximum atomic E-state index is 9.62. The number of phenols is 2. The van der Waals surface area contributed by atoms with Gasteiger partial charge >= 0.3 is 7.12 Å². The molecule has 3 N–H and O–H groups in total. The number of nitrogens with one attached hydrogen (secondary N) is 1. The predicted octanol–water partition coefficient (Wildman–Crippen LogP) is 2.33. The van der Waals surface area contributed by atoms with Gasteiger partial charge in [-0.05, 0) is 57.9 Å². The molecule has 1 aliphatic rings. The van der Waals surface area contributed by atoms with Crippen LogP contribution in [-0.4, -0.2) is 42.1 Å². The molecular formula is C16H24BNO4. The molecule has 0 amide bonds. The third-order valence-corrected chi connectivity index (χ3v) is 4.29. The maximum absolute atomic E-state index is 9.62. The lowest BCUT2D eigenvalue weighted by molar-refractivity contribution is 0.00578. The van der Waals surface area contributed by atoms with E-state index in [9.17, 15) is 10.2 Å². The molecule has 120 valence electrons. The molecule has 1 aliphatic heterocycles. The molecule has 1 aromatic rings. The number of likely N-dealkylation sites (N-methyl/N-ethyl adjacent to an activating group) is 1. The first kappa shape index (κ1) is 16.9. The highest BCUT2D eigenvalue weighted by molar-refractivity contribution is 6.55. The Kier molecular flexibility index (Phi) is 4.56. The minimum absolute atomic E-state index is 0.136. The van der Waals surface area contributed by atoms with Crippen molar-refractivity contribution in [2.24, 2.45) is 0 Å². The number of benzene rings is 1. The summed E-state index contributed by atoms with van der Waals surface area (Å²) in [6.07, 6.45) is 1.90. The molecule has 0 aromatic heterocycles. The second-order valence-electron chi connectivity index (χ2n) is 6.59. The van der Waals surface area contributed by atoms with E-state index in [-0.39, 0.29) is 11.5 Å². The van der Waals surface area contributed by atoms with Crippen LogP contribution in [0.3, 0.4) is 0 Å². The lowest BCUT2D eigenvalue weighted by Gasteiger charge is -2.32. The summed E-state index contributed by atoms with van der Waals surface area (Å²) in [5, 5.41) is 22.1. The Bertz CT molecular complexity index is 568. The van der Waals surface area contributed by atoms with Gasteiger partial charge in [0.2, 0.25) is 0 Å². The summed E-state index contributed by atoms with van der Waals surface area (Å²) in [7, 11) is 1.40. The summed E-state index contributed by atoms with van der Waals surface area (Å²) in [6.45, 7) is 8.64. The highest BCUT2D eigenvalue weighted by Crippen LogP contribution is 2.39. The van der Waals surface area contributed by atoms with Gasteiger partial charge in [-0.3, -0.25) is 0 Å². The van der Waals surface area contributed by atoms with Crippen molar-refractivity contribution in [3.63, 3.8) is 0 Å². The molecule has 1 heterocycles. The van der Waals surface area contributed by atoms with Crippen molar-refractivity contribution >= 4 is 13.2 Å². The van der Waals surface area contributed by atoms with Gasteiger partial charge in [-0.2, -0.15) is 0 Å². The van der Waals surface area contributed by atoms with Crippen molar-refractivity contribution in [3.05, 3.63) is 29.2 Å². The van der Waals surface area contributed by atoms with E-state index in [2.05, 4.69) is 5.32 Å². The molecule has 22 heavy (non-hydrogen) atoms. The fraction of sp³-hybridized carbons (Fsp3) is 0.500. The van der Waals surface area contributed by atoms with Crippen LogP contribution in [0.25, 0.3) is 6.08 Å². The van der Waals surface area contributed by atoms with E-state index in [4.69, 9.17) is 9.31 Å². The number of hydrogen-bond acceptors (Lipinski definition) is 5. The molecule has 0 spiro atoms. The fourth-order valence-corrected chi connectivity index (χ4v) is 2.25. The molecule has 1 saturated heterocycles. The maximum Gasteiger partial charge on any atom is 0.491 e. The second kappa shape index (κ2) is 5.95. The summed E-state index contributed by atoms with van der Waals surface area (Å²) in [4.78, 5) is 0. The average molecular weight is 305 g/mol. The van der Waals surface area contributed by atoms with Gasteiger partial charge in [-0.15, -0.1) is 0 Å². The third kappa shape index (κ3) is 3.29. The minimum Gasteiger partial charge on any atom is -0.504 e. The molecule has 0 unspecified atom stereocenters. The summed E-state index contributed by atoms with van der Waals surface area (Å²) in [5.41, 5.74) is 0.893. The summed E-state index contributed by atoms with van der Waals surface area (Å²) in [5.74, 6) is -0.283. The molecule has 6 heteroatoms. The van der Waals surface area contributed by atoms with E-state index < -0.39 is 18.3 Å². The molecule has 0 radical (unpaired) electrons. The summed E-state index contributed by atoms with van der Waals surface area (Å²) >= 11 is 0. The Morgan fingerprint density at radius 2 is 1.73 bits per heavy atom. The van der Waals surface area contributed by atoms with Gasteiger partial charge in [-0.1, -0.05) is 12.1 Å². The van der Waals surface area contributed by atoms with Gasteiger partial charge in [0, 0.05) is 6.54 Å². The first-order chi connectivity index (χ1) is 10.2. The van der Waals surface area contributed by atoms with E-state index in [1.165, 1.54) is 12.1 Å². The average Bonchev–Trinajstić information content (AvgIpc) is 2.62. The molecular weight excluding hydrogens is 281 g/mol. The fourth-order valence-electron chi connectivity index (χ4n) is 2.25. The van der Waals surface area contributed by atoms with Gasteiger partial charge < -0.3 is 24.8 Å². The Morgan fingerprint density at radius 3 is 2.23 bits per heavy atom. The number of hydrogen-bond donors (Lipinski definition) is 3. The normalized spacial score (nSPS) is 20.4. The summed E-state index contributed by atoms with van der Waals surface area (Å²) < 4.78 is 12.1. The molecule has 0 bridgehead atoms. The van der Waals surface area contributed by atoms with Crippen molar-refractivity contribution < 1.29 is 19.5 Å².